The highest BCUT2D eigenvalue weighted by molar-refractivity contribution is 6.06. The smallest absolute Gasteiger partial charge is 0.257 e. The third-order valence-corrected chi connectivity index (χ3v) is 4.44. The zero-order chi connectivity index (χ0) is 19.6. The van der Waals surface area contributed by atoms with E-state index in [1.807, 2.05) is 36.6 Å². The molecule has 0 aliphatic carbocycles. The number of aromatic nitrogens is 1. The Balaban J connectivity index is 1.89. The van der Waals surface area contributed by atoms with Gasteiger partial charge in [0.25, 0.3) is 5.91 Å². The van der Waals surface area contributed by atoms with Crippen molar-refractivity contribution in [1.29, 1.82) is 0 Å². The van der Waals surface area contributed by atoms with Gasteiger partial charge in [-0.2, -0.15) is 0 Å². The van der Waals surface area contributed by atoms with Crippen LogP contribution in [0.3, 0.4) is 0 Å². The molecule has 0 fully saturated rings. The molecule has 140 valence electrons. The Morgan fingerprint density at radius 2 is 2.00 bits per heavy atom. The van der Waals surface area contributed by atoms with E-state index in [1.54, 1.807) is 18.4 Å². The highest BCUT2D eigenvalue weighted by atomic mass is 16.5. The van der Waals surface area contributed by atoms with Crippen molar-refractivity contribution in [1.82, 2.24) is 4.57 Å². The molecule has 0 saturated heterocycles. The van der Waals surface area contributed by atoms with E-state index in [9.17, 15) is 9.59 Å². The van der Waals surface area contributed by atoms with E-state index < -0.39 is 5.91 Å². The van der Waals surface area contributed by atoms with Gasteiger partial charge in [0.05, 0.1) is 31.2 Å². The van der Waals surface area contributed by atoms with Crippen LogP contribution in [0, 0.1) is 13.8 Å². The summed E-state index contributed by atoms with van der Waals surface area (Å²) < 4.78 is 12.7. The Bertz CT molecular complexity index is 987. The summed E-state index contributed by atoms with van der Waals surface area (Å²) in [5.74, 6) is 0.371. The lowest BCUT2D eigenvalue weighted by Crippen LogP contribution is -2.16. The van der Waals surface area contributed by atoms with Crippen molar-refractivity contribution in [2.45, 2.75) is 20.4 Å². The number of ether oxygens (including phenoxy) is 1. The number of nitrogens with two attached hydrogens (primary N) is 1. The largest absolute Gasteiger partial charge is 0.495 e. The fourth-order valence-corrected chi connectivity index (χ4v) is 2.98. The van der Waals surface area contributed by atoms with Crippen molar-refractivity contribution >= 4 is 17.5 Å². The number of anilines is 1. The number of furan rings is 1. The molecule has 0 atom stereocenters. The number of primary amides is 1. The summed E-state index contributed by atoms with van der Waals surface area (Å²) in [6, 6.07) is 10.2. The van der Waals surface area contributed by atoms with E-state index in [-0.39, 0.29) is 11.5 Å². The molecule has 2 amide bonds. The van der Waals surface area contributed by atoms with E-state index in [4.69, 9.17) is 14.9 Å². The third-order valence-electron chi connectivity index (χ3n) is 4.44. The number of hydrogen-bond acceptors (Lipinski definition) is 4. The molecule has 2 aromatic heterocycles. The predicted molar refractivity (Wildman–Crippen MR) is 101 cm³/mol. The number of carbonyl (C=O) groups is 2. The van der Waals surface area contributed by atoms with Crippen LogP contribution in [0.5, 0.6) is 5.75 Å². The number of aryl methyl sites for hydroxylation is 1. The molecule has 7 nitrogen and oxygen atoms in total. The first-order chi connectivity index (χ1) is 12.9. The molecule has 3 aromatic rings. The number of benzene rings is 1. The minimum Gasteiger partial charge on any atom is -0.495 e. The second kappa shape index (κ2) is 7.41. The highest BCUT2D eigenvalue weighted by Crippen LogP contribution is 2.27. The zero-order valence-corrected chi connectivity index (χ0v) is 15.4. The van der Waals surface area contributed by atoms with Crippen molar-refractivity contribution < 1.29 is 18.7 Å². The van der Waals surface area contributed by atoms with E-state index in [0.29, 0.717) is 23.5 Å². The van der Waals surface area contributed by atoms with Crippen molar-refractivity contribution in [3.8, 4) is 5.75 Å². The lowest BCUT2D eigenvalue weighted by molar-refractivity contribution is 0.0996. The first-order valence-electron chi connectivity index (χ1n) is 8.39. The number of methoxy groups -OCH3 is 1. The molecule has 0 unspecified atom stereocenters. The molecule has 1 aromatic carbocycles. The van der Waals surface area contributed by atoms with Crippen LogP contribution in [0.25, 0.3) is 0 Å². The first-order valence-corrected chi connectivity index (χ1v) is 8.39. The van der Waals surface area contributed by atoms with Crippen LogP contribution in [-0.2, 0) is 6.54 Å². The molecular formula is C20H21N3O4. The van der Waals surface area contributed by atoms with Crippen LogP contribution in [0.15, 0.2) is 47.1 Å². The molecular weight excluding hydrogens is 346 g/mol. The number of nitrogens with zero attached hydrogens (tertiary/aromatic N) is 1. The summed E-state index contributed by atoms with van der Waals surface area (Å²) >= 11 is 0. The molecule has 0 saturated carbocycles. The second-order valence-electron chi connectivity index (χ2n) is 6.18. The summed E-state index contributed by atoms with van der Waals surface area (Å²) in [5.41, 5.74) is 8.27. The van der Waals surface area contributed by atoms with Gasteiger partial charge in [-0.05, 0) is 50.2 Å². The maximum Gasteiger partial charge on any atom is 0.257 e. The van der Waals surface area contributed by atoms with Gasteiger partial charge < -0.3 is 24.8 Å². The van der Waals surface area contributed by atoms with E-state index >= 15 is 0 Å². The third kappa shape index (κ3) is 3.72. The Labute approximate surface area is 156 Å². The number of rotatable bonds is 6. The van der Waals surface area contributed by atoms with Gasteiger partial charge in [0.15, 0.2) is 0 Å². The molecule has 0 aliphatic heterocycles. The van der Waals surface area contributed by atoms with E-state index in [1.165, 1.54) is 13.2 Å². The molecule has 3 rings (SSSR count). The van der Waals surface area contributed by atoms with E-state index in [0.717, 1.165) is 17.1 Å². The summed E-state index contributed by atoms with van der Waals surface area (Å²) in [6.07, 6.45) is 1.62. The molecule has 0 radical (unpaired) electrons. The monoisotopic (exact) mass is 367 g/mol. The summed E-state index contributed by atoms with van der Waals surface area (Å²) in [7, 11) is 1.49. The maximum atomic E-state index is 12.8. The molecule has 0 bridgehead atoms. The van der Waals surface area contributed by atoms with Crippen LogP contribution < -0.4 is 15.8 Å². The minimum absolute atomic E-state index is 0.286. The van der Waals surface area contributed by atoms with Crippen LogP contribution in [-0.4, -0.2) is 23.5 Å². The van der Waals surface area contributed by atoms with Gasteiger partial charge in [-0.25, -0.2) is 0 Å². The number of carbonyl (C=O) groups excluding carboxylic acids is 2. The van der Waals surface area contributed by atoms with Crippen molar-refractivity contribution in [3.63, 3.8) is 0 Å². The van der Waals surface area contributed by atoms with Crippen LogP contribution in [0.4, 0.5) is 5.69 Å². The molecule has 0 aliphatic rings. The average Bonchev–Trinajstić information content (AvgIpc) is 3.25. The van der Waals surface area contributed by atoms with E-state index in [2.05, 4.69) is 5.32 Å². The van der Waals surface area contributed by atoms with Gasteiger partial charge in [-0.3, -0.25) is 9.59 Å². The number of nitrogens with one attached hydrogen (secondary N) is 1. The van der Waals surface area contributed by atoms with Crippen LogP contribution in [0.2, 0.25) is 0 Å². The quantitative estimate of drug-likeness (QED) is 0.699. The Morgan fingerprint density at radius 3 is 2.63 bits per heavy atom. The molecule has 27 heavy (non-hydrogen) atoms. The molecule has 2 heterocycles. The Kier molecular flexibility index (Phi) is 5.03. The van der Waals surface area contributed by atoms with Gasteiger partial charge in [0, 0.05) is 17.0 Å². The maximum absolute atomic E-state index is 12.8. The lowest BCUT2D eigenvalue weighted by atomic mass is 10.1. The van der Waals surface area contributed by atoms with Gasteiger partial charge >= 0.3 is 0 Å². The SMILES string of the molecule is COc1ccc(C(N)=O)cc1NC(=O)c1cc(C)n(Cc2ccco2)c1C. The van der Waals surface area contributed by atoms with Crippen LogP contribution >= 0.6 is 0 Å². The molecule has 7 heteroatoms. The van der Waals surface area contributed by atoms with Crippen molar-refractivity contribution in [2.75, 3.05) is 12.4 Å². The summed E-state index contributed by atoms with van der Waals surface area (Å²) in [5, 5.41) is 2.80. The van der Waals surface area contributed by atoms with Crippen LogP contribution in [0.1, 0.15) is 37.9 Å². The highest BCUT2D eigenvalue weighted by Gasteiger charge is 2.18. The number of amides is 2. The van der Waals surface area contributed by atoms with Crippen molar-refractivity contribution in [2.24, 2.45) is 5.73 Å². The molecule has 3 N–H and O–H groups in total. The fraction of sp³-hybridized carbons (Fsp3) is 0.200. The minimum atomic E-state index is -0.579. The van der Waals surface area contributed by atoms with Crippen molar-refractivity contribution in [3.05, 3.63) is 70.9 Å². The Hall–Kier alpha value is -3.48. The fourth-order valence-electron chi connectivity index (χ4n) is 2.98. The topological polar surface area (TPSA) is 99.5 Å². The van der Waals surface area contributed by atoms with Gasteiger partial charge in [0.1, 0.15) is 11.5 Å². The van der Waals surface area contributed by atoms with Gasteiger partial charge in [-0.15, -0.1) is 0 Å². The van der Waals surface area contributed by atoms with Gasteiger partial charge in [-0.1, -0.05) is 0 Å². The summed E-state index contributed by atoms with van der Waals surface area (Å²) in [6.45, 7) is 4.35. The second-order valence-corrected chi connectivity index (χ2v) is 6.18. The van der Waals surface area contributed by atoms with Gasteiger partial charge in [0.2, 0.25) is 5.91 Å². The standard InChI is InChI=1S/C20H21N3O4/c1-12-9-16(13(2)23(12)11-15-5-4-8-27-15)20(25)22-17-10-14(19(21)24)6-7-18(17)26-3/h4-10H,11H2,1-3H3,(H2,21,24)(H,22,25). The molecule has 0 spiro atoms. The summed E-state index contributed by atoms with van der Waals surface area (Å²) in [4.78, 5) is 24.3. The number of hydrogen-bond donors (Lipinski definition) is 2. The lowest BCUT2D eigenvalue weighted by Gasteiger charge is -2.12. The zero-order valence-electron chi connectivity index (χ0n) is 15.4. The average molecular weight is 367 g/mol. The first kappa shape index (κ1) is 18.3. The normalized spacial score (nSPS) is 10.6. The Morgan fingerprint density at radius 1 is 1.22 bits per heavy atom. The predicted octanol–water partition coefficient (Wildman–Crippen LogP) is 3.11.